The Morgan fingerprint density at radius 3 is 3.09 bits per heavy atom. The molecule has 0 unspecified atom stereocenters. The number of thioether (sulfide) groups is 1. The van der Waals surface area contributed by atoms with Crippen molar-refractivity contribution in [2.45, 2.75) is 23.9 Å². The lowest BCUT2D eigenvalue weighted by Gasteiger charge is -2.12. The van der Waals surface area contributed by atoms with E-state index < -0.39 is 0 Å². The van der Waals surface area contributed by atoms with Gasteiger partial charge in [-0.25, -0.2) is 0 Å². The average molecular weight is 348 g/mol. The topological polar surface area (TPSA) is 83.6 Å². The fourth-order valence-corrected chi connectivity index (χ4v) is 2.80. The largest absolute Gasteiger partial charge is 0.325 e. The van der Waals surface area contributed by atoms with Crippen LogP contribution in [0.3, 0.4) is 0 Å². The number of halogens is 1. The second kappa shape index (κ2) is 7.81. The lowest BCUT2D eigenvalue weighted by Crippen LogP contribution is -2.23. The fourth-order valence-electron chi connectivity index (χ4n) is 1.74. The van der Waals surface area contributed by atoms with Gasteiger partial charge in [0.1, 0.15) is 12.4 Å². The zero-order valence-corrected chi connectivity index (χ0v) is 13.9. The summed E-state index contributed by atoms with van der Waals surface area (Å²) in [7, 11) is 0. The third-order valence-corrected chi connectivity index (χ3v) is 4.32. The van der Waals surface area contributed by atoms with Gasteiger partial charge in [0, 0.05) is 12.2 Å². The van der Waals surface area contributed by atoms with Gasteiger partial charge in [-0.1, -0.05) is 29.4 Å². The maximum absolute atomic E-state index is 12.3. The van der Waals surface area contributed by atoms with Crippen LogP contribution >= 0.6 is 23.4 Å². The van der Waals surface area contributed by atoms with E-state index in [1.807, 2.05) is 6.07 Å². The lowest BCUT2D eigenvalue weighted by molar-refractivity contribution is -0.115. The number of nitrogens with zero attached hydrogens (tertiary/aromatic N) is 4. The first-order valence-corrected chi connectivity index (χ1v) is 7.96. The van der Waals surface area contributed by atoms with E-state index in [2.05, 4.69) is 22.1 Å². The van der Waals surface area contributed by atoms with Crippen molar-refractivity contribution in [3.63, 3.8) is 0 Å². The molecule has 0 aliphatic carbocycles. The van der Waals surface area contributed by atoms with Crippen LogP contribution in [-0.2, 0) is 11.3 Å². The molecule has 0 aliphatic rings. The maximum Gasteiger partial charge on any atom is 0.237 e. The molecule has 1 aromatic heterocycles. The summed E-state index contributed by atoms with van der Waals surface area (Å²) in [4.78, 5) is 12.3. The summed E-state index contributed by atoms with van der Waals surface area (Å²) in [6, 6.07) is 6.73. The zero-order chi connectivity index (χ0) is 16.8. The molecule has 1 heterocycles. The van der Waals surface area contributed by atoms with Crippen molar-refractivity contribution >= 4 is 35.0 Å². The first-order chi connectivity index (χ1) is 11.0. The Balaban J connectivity index is 2.02. The summed E-state index contributed by atoms with van der Waals surface area (Å²) in [5, 5.41) is 20.0. The molecule has 0 fully saturated rings. The molecular weight excluding hydrogens is 334 g/mol. The minimum Gasteiger partial charge on any atom is -0.325 e. The number of hydrogen-bond donors (Lipinski definition) is 1. The van der Waals surface area contributed by atoms with Crippen molar-refractivity contribution in [2.75, 3.05) is 5.32 Å². The van der Waals surface area contributed by atoms with Gasteiger partial charge in [0.25, 0.3) is 0 Å². The first kappa shape index (κ1) is 17.1. The van der Waals surface area contributed by atoms with E-state index in [0.717, 1.165) is 0 Å². The molecule has 0 saturated heterocycles. The van der Waals surface area contributed by atoms with Crippen LogP contribution in [0, 0.1) is 11.3 Å². The number of allylic oxidation sites excluding steroid dienone is 1. The van der Waals surface area contributed by atoms with E-state index in [0.29, 0.717) is 28.0 Å². The predicted octanol–water partition coefficient (Wildman–Crippen LogP) is 3.11. The molecule has 23 heavy (non-hydrogen) atoms. The summed E-state index contributed by atoms with van der Waals surface area (Å²) >= 11 is 7.25. The maximum atomic E-state index is 12.3. The number of nitriles is 1. The average Bonchev–Trinajstić information content (AvgIpc) is 2.95. The molecule has 1 N–H and O–H groups in total. The van der Waals surface area contributed by atoms with E-state index in [1.54, 1.807) is 42.1 Å². The van der Waals surface area contributed by atoms with Gasteiger partial charge in [-0.05, 0) is 25.1 Å². The van der Waals surface area contributed by atoms with Gasteiger partial charge in [0.2, 0.25) is 5.91 Å². The summed E-state index contributed by atoms with van der Waals surface area (Å²) in [5.41, 5.74) is 0.906. The number of carbonyl (C=O) groups excluding carboxylic acids is 1. The Labute approximate surface area is 143 Å². The Morgan fingerprint density at radius 2 is 2.43 bits per heavy atom. The standard InChI is InChI=1S/C15H14ClN5OS/c1-3-6-21-9-18-20-15(21)23-10(2)14(22)19-12-5-4-11(8-17)13(16)7-12/h3-5,7,9-10H,1,6H2,2H3,(H,19,22)/t10-/m1/s1. The Morgan fingerprint density at radius 1 is 1.65 bits per heavy atom. The van der Waals surface area contributed by atoms with Gasteiger partial charge in [-0.15, -0.1) is 16.8 Å². The Hall–Kier alpha value is -2.30. The molecule has 6 nitrogen and oxygen atoms in total. The normalized spacial score (nSPS) is 11.5. The summed E-state index contributed by atoms with van der Waals surface area (Å²) in [6.45, 7) is 6.02. The second-order valence-corrected chi connectivity index (χ2v) is 6.33. The van der Waals surface area contributed by atoms with Crippen molar-refractivity contribution in [1.82, 2.24) is 14.8 Å². The molecule has 118 valence electrons. The fraction of sp³-hybridized carbons (Fsp3) is 0.200. The molecule has 0 aliphatic heterocycles. The number of amides is 1. The van der Waals surface area contributed by atoms with Crippen LogP contribution in [0.2, 0.25) is 5.02 Å². The van der Waals surface area contributed by atoms with Crippen LogP contribution in [0.15, 0.2) is 42.3 Å². The van der Waals surface area contributed by atoms with Crippen molar-refractivity contribution in [3.05, 3.63) is 47.8 Å². The molecule has 2 aromatic rings. The third kappa shape index (κ3) is 4.34. The monoisotopic (exact) mass is 347 g/mol. The molecular formula is C15H14ClN5OS. The number of aromatic nitrogens is 3. The van der Waals surface area contributed by atoms with Gasteiger partial charge in [0.05, 0.1) is 15.8 Å². The smallest absolute Gasteiger partial charge is 0.237 e. The molecule has 1 atom stereocenters. The van der Waals surface area contributed by atoms with E-state index in [4.69, 9.17) is 16.9 Å². The Kier molecular flexibility index (Phi) is 5.79. The van der Waals surface area contributed by atoms with E-state index in [-0.39, 0.29) is 11.2 Å². The van der Waals surface area contributed by atoms with Crippen molar-refractivity contribution < 1.29 is 4.79 Å². The van der Waals surface area contributed by atoms with Gasteiger partial charge in [0.15, 0.2) is 5.16 Å². The van der Waals surface area contributed by atoms with Gasteiger partial charge in [-0.2, -0.15) is 5.26 Å². The predicted molar refractivity (Wildman–Crippen MR) is 90.3 cm³/mol. The van der Waals surface area contributed by atoms with Crippen LogP contribution in [-0.4, -0.2) is 25.9 Å². The molecule has 0 bridgehead atoms. The molecule has 0 saturated carbocycles. The van der Waals surface area contributed by atoms with Crippen LogP contribution in [0.4, 0.5) is 5.69 Å². The zero-order valence-electron chi connectivity index (χ0n) is 12.4. The number of anilines is 1. The van der Waals surface area contributed by atoms with Crippen LogP contribution in [0.1, 0.15) is 12.5 Å². The molecule has 1 aromatic carbocycles. The first-order valence-electron chi connectivity index (χ1n) is 6.71. The highest BCUT2D eigenvalue weighted by atomic mass is 35.5. The number of benzene rings is 1. The van der Waals surface area contributed by atoms with Crippen LogP contribution in [0.25, 0.3) is 0 Å². The molecule has 1 amide bonds. The molecule has 8 heteroatoms. The molecule has 0 spiro atoms. The molecule has 2 rings (SSSR count). The van der Waals surface area contributed by atoms with E-state index in [9.17, 15) is 4.79 Å². The number of rotatable bonds is 6. The van der Waals surface area contributed by atoms with Gasteiger partial charge >= 0.3 is 0 Å². The highest BCUT2D eigenvalue weighted by Gasteiger charge is 2.18. The lowest BCUT2D eigenvalue weighted by atomic mass is 10.2. The van der Waals surface area contributed by atoms with Crippen LogP contribution < -0.4 is 5.32 Å². The van der Waals surface area contributed by atoms with Crippen molar-refractivity contribution in [2.24, 2.45) is 0 Å². The highest BCUT2D eigenvalue weighted by molar-refractivity contribution is 8.00. The number of hydrogen-bond acceptors (Lipinski definition) is 5. The quantitative estimate of drug-likeness (QED) is 0.641. The number of nitrogens with one attached hydrogen (secondary N) is 1. The minimum absolute atomic E-state index is 0.191. The van der Waals surface area contributed by atoms with Gasteiger partial charge < -0.3 is 9.88 Å². The van der Waals surface area contributed by atoms with Crippen molar-refractivity contribution in [1.29, 1.82) is 5.26 Å². The SMILES string of the molecule is C=CCn1cnnc1S[C@H](C)C(=O)Nc1ccc(C#N)c(Cl)c1. The van der Waals surface area contributed by atoms with E-state index >= 15 is 0 Å². The van der Waals surface area contributed by atoms with Crippen molar-refractivity contribution in [3.8, 4) is 6.07 Å². The number of carbonyl (C=O) groups is 1. The van der Waals surface area contributed by atoms with Crippen LogP contribution in [0.5, 0.6) is 0 Å². The summed E-state index contributed by atoms with van der Waals surface area (Å²) in [6.07, 6.45) is 3.33. The summed E-state index contributed by atoms with van der Waals surface area (Å²) in [5.74, 6) is -0.191. The highest BCUT2D eigenvalue weighted by Crippen LogP contribution is 2.24. The minimum atomic E-state index is -0.378. The second-order valence-electron chi connectivity index (χ2n) is 4.61. The molecule has 0 radical (unpaired) electrons. The third-order valence-electron chi connectivity index (χ3n) is 2.91. The summed E-state index contributed by atoms with van der Waals surface area (Å²) < 4.78 is 1.81. The Bertz CT molecular complexity index is 767. The van der Waals surface area contributed by atoms with Gasteiger partial charge in [-0.3, -0.25) is 4.79 Å². The van der Waals surface area contributed by atoms with E-state index in [1.165, 1.54) is 11.8 Å².